The van der Waals surface area contributed by atoms with E-state index in [1.165, 1.54) is 5.56 Å². The van der Waals surface area contributed by atoms with Crippen LogP contribution in [-0.4, -0.2) is 70.0 Å². The zero-order valence-corrected chi connectivity index (χ0v) is 17.6. The second kappa shape index (κ2) is 10.8. The molecule has 1 unspecified atom stereocenters. The van der Waals surface area contributed by atoms with Crippen molar-refractivity contribution in [1.82, 2.24) is 19.8 Å². The van der Waals surface area contributed by atoms with Crippen LogP contribution in [0.1, 0.15) is 24.5 Å². The highest BCUT2D eigenvalue weighted by atomic mass is 32.2. The van der Waals surface area contributed by atoms with Gasteiger partial charge < -0.3 is 9.84 Å². The van der Waals surface area contributed by atoms with Crippen LogP contribution in [0.4, 0.5) is 0 Å². The summed E-state index contributed by atoms with van der Waals surface area (Å²) in [7, 11) is 0. The third kappa shape index (κ3) is 5.91. The average molecular weight is 403 g/mol. The van der Waals surface area contributed by atoms with Gasteiger partial charge in [-0.25, -0.2) is 9.97 Å². The molecule has 28 heavy (non-hydrogen) atoms. The van der Waals surface area contributed by atoms with Gasteiger partial charge in [0, 0.05) is 63.3 Å². The highest BCUT2D eigenvalue weighted by molar-refractivity contribution is 7.98. The fourth-order valence-corrected chi connectivity index (χ4v) is 3.93. The van der Waals surface area contributed by atoms with Crippen LogP contribution in [0.5, 0.6) is 5.75 Å². The van der Waals surface area contributed by atoms with Gasteiger partial charge in [0.2, 0.25) is 0 Å². The van der Waals surface area contributed by atoms with Crippen molar-refractivity contribution in [2.24, 2.45) is 0 Å². The van der Waals surface area contributed by atoms with E-state index < -0.39 is 0 Å². The molecule has 0 saturated carbocycles. The summed E-state index contributed by atoms with van der Waals surface area (Å²) in [5.74, 6) is 0.915. The maximum atomic E-state index is 9.55. The summed E-state index contributed by atoms with van der Waals surface area (Å²) >= 11 is 1.56. The molecule has 0 spiro atoms. The number of thioether (sulfide) groups is 1. The van der Waals surface area contributed by atoms with Gasteiger partial charge in [-0.15, -0.1) is 0 Å². The minimum atomic E-state index is 0.212. The molecule has 2 heterocycles. The van der Waals surface area contributed by atoms with Crippen LogP contribution in [-0.2, 0) is 13.1 Å². The second-order valence-corrected chi connectivity index (χ2v) is 7.80. The van der Waals surface area contributed by atoms with E-state index in [-0.39, 0.29) is 6.61 Å². The van der Waals surface area contributed by atoms with E-state index in [2.05, 4.69) is 31.9 Å². The molecule has 152 valence electrons. The third-order valence-electron chi connectivity index (χ3n) is 5.04. The summed E-state index contributed by atoms with van der Waals surface area (Å²) in [5, 5.41) is 10.4. The fraction of sp³-hybridized carbons (Fsp3) is 0.524. The summed E-state index contributed by atoms with van der Waals surface area (Å²) in [4.78, 5) is 13.7. The van der Waals surface area contributed by atoms with Crippen LogP contribution in [0, 0.1) is 0 Å². The zero-order chi connectivity index (χ0) is 19.8. The summed E-state index contributed by atoms with van der Waals surface area (Å²) in [5.41, 5.74) is 2.42. The van der Waals surface area contributed by atoms with Crippen molar-refractivity contribution in [1.29, 1.82) is 0 Å². The number of piperazine rings is 1. The van der Waals surface area contributed by atoms with Crippen LogP contribution >= 0.6 is 11.8 Å². The quantitative estimate of drug-likeness (QED) is 0.511. The van der Waals surface area contributed by atoms with E-state index in [0.29, 0.717) is 12.6 Å². The number of aromatic nitrogens is 2. The van der Waals surface area contributed by atoms with Crippen molar-refractivity contribution >= 4 is 11.8 Å². The number of hydrogen-bond acceptors (Lipinski definition) is 7. The van der Waals surface area contributed by atoms with Gasteiger partial charge in [0.05, 0.1) is 6.61 Å². The normalized spacial score (nSPS) is 18.3. The Hall–Kier alpha value is -1.67. The van der Waals surface area contributed by atoms with Crippen molar-refractivity contribution in [3.05, 3.63) is 47.8 Å². The summed E-state index contributed by atoms with van der Waals surface area (Å²) in [6.07, 6.45) is 6.62. The lowest BCUT2D eigenvalue weighted by molar-refractivity contribution is 0.0498. The van der Waals surface area contributed by atoms with Gasteiger partial charge in [-0.1, -0.05) is 23.9 Å². The highest BCUT2D eigenvalue weighted by Crippen LogP contribution is 2.20. The second-order valence-electron chi connectivity index (χ2n) is 7.03. The van der Waals surface area contributed by atoms with Crippen molar-refractivity contribution in [2.75, 3.05) is 39.1 Å². The van der Waals surface area contributed by atoms with Gasteiger partial charge >= 0.3 is 0 Å². The van der Waals surface area contributed by atoms with Crippen molar-refractivity contribution in [2.45, 2.75) is 37.6 Å². The van der Waals surface area contributed by atoms with Crippen LogP contribution < -0.4 is 4.74 Å². The van der Waals surface area contributed by atoms with Gasteiger partial charge in [0.25, 0.3) is 0 Å². The van der Waals surface area contributed by atoms with Crippen LogP contribution in [0.15, 0.2) is 41.8 Å². The van der Waals surface area contributed by atoms with Gasteiger partial charge in [-0.05, 0) is 37.3 Å². The summed E-state index contributed by atoms with van der Waals surface area (Å²) in [6, 6.07) is 8.69. The molecule has 2 aromatic rings. The number of hydrogen-bond donors (Lipinski definition) is 1. The van der Waals surface area contributed by atoms with Gasteiger partial charge in [0.1, 0.15) is 5.75 Å². The van der Waals surface area contributed by atoms with Crippen LogP contribution in [0.25, 0.3) is 0 Å². The van der Waals surface area contributed by atoms with Gasteiger partial charge in [0.15, 0.2) is 5.16 Å². The van der Waals surface area contributed by atoms with E-state index in [0.717, 1.165) is 55.6 Å². The molecule has 1 aromatic heterocycles. The lowest BCUT2D eigenvalue weighted by atomic mass is 10.1. The lowest BCUT2D eigenvalue weighted by Crippen LogP contribution is -2.52. The molecule has 1 atom stereocenters. The number of benzene rings is 1. The number of aliphatic hydroxyl groups is 1. The largest absolute Gasteiger partial charge is 0.494 e. The molecule has 1 aliphatic rings. The lowest BCUT2D eigenvalue weighted by Gasteiger charge is -2.41. The topological polar surface area (TPSA) is 61.7 Å². The molecule has 0 bridgehead atoms. The monoisotopic (exact) mass is 402 g/mol. The Bertz CT molecular complexity index is 711. The summed E-state index contributed by atoms with van der Waals surface area (Å²) < 4.78 is 5.53. The SMILES string of the molecule is CCOc1ccc(CN2CCN(Cc3cnc(SC)nc3)CC2CCO)cc1. The first-order valence-electron chi connectivity index (χ1n) is 9.85. The molecule has 0 aliphatic carbocycles. The molecule has 1 saturated heterocycles. The van der Waals surface area contributed by atoms with Gasteiger partial charge in [-0.2, -0.15) is 0 Å². The van der Waals surface area contributed by atoms with E-state index in [9.17, 15) is 5.11 Å². The first-order chi connectivity index (χ1) is 13.7. The molecule has 7 heteroatoms. The Morgan fingerprint density at radius 3 is 2.50 bits per heavy atom. The van der Waals surface area contributed by atoms with E-state index in [4.69, 9.17) is 4.74 Å². The Balaban J connectivity index is 1.58. The first-order valence-corrected chi connectivity index (χ1v) is 11.1. The maximum Gasteiger partial charge on any atom is 0.187 e. The number of rotatable bonds is 9. The smallest absolute Gasteiger partial charge is 0.187 e. The Labute approximate surface area is 171 Å². The maximum absolute atomic E-state index is 9.55. The first kappa shape index (κ1) is 21.0. The number of nitrogens with zero attached hydrogens (tertiary/aromatic N) is 4. The third-order valence-corrected chi connectivity index (χ3v) is 5.62. The summed E-state index contributed by atoms with van der Waals surface area (Å²) in [6.45, 7) is 7.58. The number of ether oxygens (including phenoxy) is 1. The molecule has 1 N–H and O–H groups in total. The van der Waals surface area contributed by atoms with E-state index in [1.54, 1.807) is 11.8 Å². The molecule has 6 nitrogen and oxygen atoms in total. The predicted molar refractivity (Wildman–Crippen MR) is 113 cm³/mol. The molecule has 1 aromatic carbocycles. The Kier molecular flexibility index (Phi) is 8.09. The minimum Gasteiger partial charge on any atom is -0.494 e. The zero-order valence-electron chi connectivity index (χ0n) is 16.8. The van der Waals surface area contributed by atoms with E-state index in [1.807, 2.05) is 37.7 Å². The number of aliphatic hydroxyl groups excluding tert-OH is 1. The fourth-order valence-electron chi connectivity index (χ4n) is 3.61. The molecule has 3 rings (SSSR count). The predicted octanol–water partition coefficient (Wildman–Crippen LogP) is 2.67. The Morgan fingerprint density at radius 2 is 1.86 bits per heavy atom. The molecule has 0 radical (unpaired) electrons. The van der Waals surface area contributed by atoms with Crippen LogP contribution in [0.3, 0.4) is 0 Å². The molecule has 0 amide bonds. The van der Waals surface area contributed by atoms with Gasteiger partial charge in [-0.3, -0.25) is 9.80 Å². The molecular weight excluding hydrogens is 372 g/mol. The molecule has 1 aliphatic heterocycles. The molecule has 1 fully saturated rings. The average Bonchev–Trinajstić information content (AvgIpc) is 2.72. The molecular formula is C21H30N4O2S. The van der Waals surface area contributed by atoms with E-state index >= 15 is 0 Å². The highest BCUT2D eigenvalue weighted by Gasteiger charge is 2.26. The van der Waals surface area contributed by atoms with Crippen LogP contribution in [0.2, 0.25) is 0 Å². The van der Waals surface area contributed by atoms with Crippen molar-refractivity contribution in [3.8, 4) is 5.75 Å². The van der Waals surface area contributed by atoms with Crippen molar-refractivity contribution < 1.29 is 9.84 Å². The minimum absolute atomic E-state index is 0.212. The standard InChI is InChI=1S/C21H30N4O2S/c1-3-27-20-6-4-17(5-7-20)15-25-10-9-24(16-19(25)8-11-26)14-18-12-22-21(28-2)23-13-18/h4-7,12-13,19,26H,3,8-11,14-16H2,1-2H3. The van der Waals surface area contributed by atoms with Crippen molar-refractivity contribution in [3.63, 3.8) is 0 Å². The Morgan fingerprint density at radius 1 is 1.11 bits per heavy atom.